The Hall–Kier alpha value is -4.88. The van der Waals surface area contributed by atoms with E-state index in [1.54, 1.807) is 0 Å². The van der Waals surface area contributed by atoms with Crippen LogP contribution >= 0.6 is 0 Å². The van der Waals surface area contributed by atoms with E-state index in [4.69, 9.17) is 4.42 Å². The molecule has 1 aromatic heterocycles. The molecule has 39 heavy (non-hydrogen) atoms. The van der Waals surface area contributed by atoms with E-state index in [9.17, 15) is 0 Å². The lowest BCUT2D eigenvalue weighted by Gasteiger charge is -2.28. The predicted molar refractivity (Wildman–Crippen MR) is 162 cm³/mol. The Morgan fingerprint density at radius 1 is 0.410 bits per heavy atom. The molecule has 1 nitrogen and oxygen atoms in total. The maximum Gasteiger partial charge on any atom is 0.143 e. The van der Waals surface area contributed by atoms with Gasteiger partial charge in [-0.3, -0.25) is 0 Å². The molecule has 184 valence electrons. The Labute approximate surface area is 228 Å². The van der Waals surface area contributed by atoms with Crippen molar-refractivity contribution >= 4 is 21.9 Å². The van der Waals surface area contributed by atoms with Crippen molar-refractivity contribution in [2.75, 3.05) is 0 Å². The maximum atomic E-state index is 6.67. The predicted octanol–water partition coefficient (Wildman–Crippen LogP) is 10.3. The summed E-state index contributed by atoms with van der Waals surface area (Å²) in [5.74, 6) is 0. The van der Waals surface area contributed by atoms with Gasteiger partial charge in [0, 0.05) is 27.3 Å². The molecule has 0 saturated heterocycles. The van der Waals surface area contributed by atoms with Gasteiger partial charge < -0.3 is 4.42 Å². The molecule has 1 aliphatic rings. The van der Waals surface area contributed by atoms with Gasteiger partial charge >= 0.3 is 0 Å². The topological polar surface area (TPSA) is 13.1 Å². The first-order valence-corrected chi connectivity index (χ1v) is 13.5. The van der Waals surface area contributed by atoms with Crippen molar-refractivity contribution in [3.8, 4) is 33.4 Å². The molecule has 0 saturated carbocycles. The Morgan fingerprint density at radius 2 is 0.872 bits per heavy atom. The number of hydrogen-bond acceptors (Lipinski definition) is 1. The van der Waals surface area contributed by atoms with Crippen LogP contribution in [0, 0.1) is 0 Å². The summed E-state index contributed by atoms with van der Waals surface area (Å²) in [7, 11) is 0. The number of para-hydroxylation sites is 2. The SMILES string of the molecule is CC1(c2ccc(-c3cccc4c3oc3c(-c5ccccc5)cccc34)cc2)c2ccccc2-c2ccccc21. The summed E-state index contributed by atoms with van der Waals surface area (Å²) < 4.78 is 6.67. The van der Waals surface area contributed by atoms with E-state index < -0.39 is 0 Å². The molecule has 0 bridgehead atoms. The van der Waals surface area contributed by atoms with Crippen molar-refractivity contribution in [3.05, 3.63) is 156 Å². The van der Waals surface area contributed by atoms with Gasteiger partial charge in [0.2, 0.25) is 0 Å². The van der Waals surface area contributed by atoms with Crippen molar-refractivity contribution in [2.24, 2.45) is 0 Å². The summed E-state index contributed by atoms with van der Waals surface area (Å²) >= 11 is 0. The van der Waals surface area contributed by atoms with Crippen molar-refractivity contribution in [3.63, 3.8) is 0 Å². The fourth-order valence-corrected chi connectivity index (χ4v) is 6.64. The van der Waals surface area contributed by atoms with Crippen molar-refractivity contribution < 1.29 is 4.42 Å². The van der Waals surface area contributed by atoms with E-state index in [0.29, 0.717) is 0 Å². The van der Waals surface area contributed by atoms with Crippen LogP contribution in [0.5, 0.6) is 0 Å². The minimum absolute atomic E-state index is 0.193. The summed E-state index contributed by atoms with van der Waals surface area (Å²) in [5.41, 5.74) is 12.9. The minimum atomic E-state index is -0.193. The van der Waals surface area contributed by atoms with Crippen LogP contribution in [0.15, 0.2) is 144 Å². The van der Waals surface area contributed by atoms with Gasteiger partial charge in [-0.15, -0.1) is 0 Å². The summed E-state index contributed by atoms with van der Waals surface area (Å²) in [6, 6.07) is 50.1. The van der Waals surface area contributed by atoms with Crippen molar-refractivity contribution in [1.29, 1.82) is 0 Å². The smallest absolute Gasteiger partial charge is 0.143 e. The van der Waals surface area contributed by atoms with Crippen LogP contribution in [0.4, 0.5) is 0 Å². The zero-order valence-corrected chi connectivity index (χ0v) is 21.7. The zero-order valence-electron chi connectivity index (χ0n) is 21.7. The highest BCUT2D eigenvalue weighted by atomic mass is 16.3. The molecule has 0 atom stereocenters. The van der Waals surface area contributed by atoms with Gasteiger partial charge in [-0.1, -0.05) is 140 Å². The molecule has 0 fully saturated rings. The molecule has 0 N–H and O–H groups in total. The maximum absolute atomic E-state index is 6.67. The minimum Gasteiger partial charge on any atom is -0.455 e. The molecular weight excluding hydrogens is 472 g/mol. The van der Waals surface area contributed by atoms with Crippen molar-refractivity contribution in [1.82, 2.24) is 0 Å². The third-order valence-corrected chi connectivity index (χ3v) is 8.60. The van der Waals surface area contributed by atoms with Gasteiger partial charge in [0.15, 0.2) is 0 Å². The van der Waals surface area contributed by atoms with Crippen LogP contribution in [0.1, 0.15) is 23.6 Å². The van der Waals surface area contributed by atoms with Crippen LogP contribution in [-0.2, 0) is 5.41 Å². The van der Waals surface area contributed by atoms with Gasteiger partial charge in [-0.05, 0) is 45.9 Å². The van der Waals surface area contributed by atoms with Crippen LogP contribution in [-0.4, -0.2) is 0 Å². The first kappa shape index (κ1) is 22.1. The van der Waals surface area contributed by atoms with Crippen LogP contribution < -0.4 is 0 Å². The zero-order chi connectivity index (χ0) is 26.0. The van der Waals surface area contributed by atoms with E-state index in [2.05, 4.69) is 140 Å². The summed E-state index contributed by atoms with van der Waals surface area (Å²) in [6.45, 7) is 2.36. The normalized spacial score (nSPS) is 13.5. The van der Waals surface area contributed by atoms with E-state index in [0.717, 1.165) is 38.6 Å². The molecular formula is C38H26O. The molecule has 7 aromatic rings. The standard InChI is InChI=1S/C38H26O/c1-38(34-19-7-5-13-30(34)31-14-6-8-20-35(31)38)27-23-21-26(22-24-27)29-16-10-18-33-32-17-9-15-28(36(32)39-37(29)33)25-11-3-2-4-12-25/h2-24H,1H3. The van der Waals surface area contributed by atoms with Crippen LogP contribution in [0.3, 0.4) is 0 Å². The Bertz CT molecular complexity index is 1960. The van der Waals surface area contributed by atoms with Gasteiger partial charge in [-0.2, -0.15) is 0 Å². The lowest BCUT2D eigenvalue weighted by Crippen LogP contribution is -2.22. The summed E-state index contributed by atoms with van der Waals surface area (Å²) in [4.78, 5) is 0. The third-order valence-electron chi connectivity index (χ3n) is 8.60. The van der Waals surface area contributed by atoms with E-state index in [1.807, 2.05) is 6.07 Å². The molecule has 0 radical (unpaired) electrons. The molecule has 8 rings (SSSR count). The number of benzene rings is 6. The highest BCUT2D eigenvalue weighted by Gasteiger charge is 2.40. The molecule has 0 aliphatic heterocycles. The quantitative estimate of drug-likeness (QED) is 0.236. The Balaban J connectivity index is 1.27. The van der Waals surface area contributed by atoms with Crippen molar-refractivity contribution in [2.45, 2.75) is 12.3 Å². The lowest BCUT2D eigenvalue weighted by atomic mass is 9.74. The Kier molecular flexibility index (Phi) is 4.72. The Morgan fingerprint density at radius 3 is 1.44 bits per heavy atom. The fraction of sp³-hybridized carbons (Fsp3) is 0.0526. The first-order valence-electron chi connectivity index (χ1n) is 13.5. The van der Waals surface area contributed by atoms with Gasteiger partial charge in [-0.25, -0.2) is 0 Å². The highest BCUT2D eigenvalue weighted by molar-refractivity contribution is 6.13. The highest BCUT2D eigenvalue weighted by Crippen LogP contribution is 2.52. The molecule has 0 unspecified atom stereocenters. The second-order valence-electron chi connectivity index (χ2n) is 10.6. The number of fused-ring (bicyclic) bond motifs is 6. The van der Waals surface area contributed by atoms with E-state index in [-0.39, 0.29) is 5.41 Å². The van der Waals surface area contributed by atoms with Gasteiger partial charge in [0.05, 0.1) is 0 Å². The molecule has 1 aliphatic carbocycles. The first-order chi connectivity index (χ1) is 19.2. The van der Waals surface area contributed by atoms with Gasteiger partial charge in [0.1, 0.15) is 11.2 Å². The van der Waals surface area contributed by atoms with E-state index in [1.165, 1.54) is 33.4 Å². The average molecular weight is 499 g/mol. The molecule has 1 heterocycles. The van der Waals surface area contributed by atoms with Crippen LogP contribution in [0.2, 0.25) is 0 Å². The largest absolute Gasteiger partial charge is 0.455 e. The second-order valence-corrected chi connectivity index (χ2v) is 10.6. The number of rotatable bonds is 3. The average Bonchev–Trinajstić information content (AvgIpc) is 3.52. The second kappa shape index (κ2) is 8.31. The third kappa shape index (κ3) is 3.14. The van der Waals surface area contributed by atoms with Crippen LogP contribution in [0.25, 0.3) is 55.3 Å². The summed E-state index contributed by atoms with van der Waals surface area (Å²) in [6.07, 6.45) is 0. The molecule has 6 aromatic carbocycles. The molecule has 0 amide bonds. The molecule has 1 heteroatoms. The van der Waals surface area contributed by atoms with E-state index >= 15 is 0 Å². The summed E-state index contributed by atoms with van der Waals surface area (Å²) in [5, 5.41) is 2.30. The fourth-order valence-electron chi connectivity index (χ4n) is 6.64. The monoisotopic (exact) mass is 498 g/mol. The number of hydrogen-bond donors (Lipinski definition) is 0. The molecule has 0 spiro atoms. The lowest BCUT2D eigenvalue weighted by molar-refractivity contribution is 0.671. The number of furan rings is 1. The van der Waals surface area contributed by atoms with Gasteiger partial charge in [0.25, 0.3) is 0 Å².